The van der Waals surface area contributed by atoms with Crippen molar-refractivity contribution >= 4 is 17.9 Å². The van der Waals surface area contributed by atoms with Crippen molar-refractivity contribution in [2.45, 2.75) is 309 Å². The molecule has 4 N–H and O–H groups in total. The molecule has 0 aromatic carbocycles. The quantitative estimate of drug-likeness (QED) is 0.0350. The average Bonchev–Trinajstić information content (AvgIpc) is 3.25. The Balaban J connectivity index is -0.000000845. The van der Waals surface area contributed by atoms with Gasteiger partial charge in [0, 0.05) is 19.3 Å². The highest BCUT2D eigenvalue weighted by atomic mass is 16.5. The summed E-state index contributed by atoms with van der Waals surface area (Å²) in [7, 11) is 0. The summed E-state index contributed by atoms with van der Waals surface area (Å²) in [6.07, 6.45) is 53.6. The lowest BCUT2D eigenvalue weighted by molar-refractivity contribution is -0.147. The van der Waals surface area contributed by atoms with Crippen LogP contribution in [-0.4, -0.2) is 57.7 Å². The van der Waals surface area contributed by atoms with Gasteiger partial charge in [-0.25, -0.2) is 0 Å². The van der Waals surface area contributed by atoms with Gasteiger partial charge in [0.15, 0.2) is 0 Å². The van der Waals surface area contributed by atoms with E-state index in [0.29, 0.717) is 19.3 Å². The number of carboxylic acids is 2. The number of aliphatic hydroxyl groups excluding tert-OH is 2. The Bertz CT molecular complexity index is 810. The third-order valence-corrected chi connectivity index (χ3v) is 11.6. The van der Waals surface area contributed by atoms with Crippen molar-refractivity contribution in [3.8, 4) is 0 Å². The Labute approximate surface area is 379 Å². The largest absolute Gasteiger partial charge is 0.481 e. The van der Waals surface area contributed by atoms with E-state index in [4.69, 9.17) is 25.2 Å². The van der Waals surface area contributed by atoms with E-state index >= 15 is 0 Å². The minimum absolute atomic E-state index is 0.103. The van der Waals surface area contributed by atoms with Crippen LogP contribution in [0.25, 0.3) is 0 Å². The predicted molar refractivity (Wildman–Crippen MR) is 259 cm³/mol. The number of hydrogen-bond donors (Lipinski definition) is 4. The smallest absolute Gasteiger partial charge is 0.305 e. The zero-order valence-electron chi connectivity index (χ0n) is 41.0. The molecule has 0 saturated heterocycles. The normalized spacial score (nSPS) is 11.4. The molecule has 0 spiro atoms. The summed E-state index contributed by atoms with van der Waals surface area (Å²) in [5, 5.41) is 34.7. The fourth-order valence-electron chi connectivity index (χ4n) is 7.54. The molecule has 8 nitrogen and oxygen atoms in total. The van der Waals surface area contributed by atoms with Gasteiger partial charge in [-0.2, -0.15) is 0 Å². The van der Waals surface area contributed by atoms with Crippen molar-refractivity contribution in [3.63, 3.8) is 0 Å². The monoisotopic (exact) mass is 871 g/mol. The van der Waals surface area contributed by atoms with Crippen LogP contribution in [0.5, 0.6) is 0 Å². The van der Waals surface area contributed by atoms with Crippen LogP contribution in [0.3, 0.4) is 0 Å². The van der Waals surface area contributed by atoms with Gasteiger partial charge in [-0.1, -0.05) is 265 Å². The summed E-state index contributed by atoms with van der Waals surface area (Å²) in [6.45, 7) is 6.31. The first-order valence-corrected chi connectivity index (χ1v) is 26.6. The van der Waals surface area contributed by atoms with Crippen molar-refractivity contribution in [1.29, 1.82) is 0 Å². The fraction of sp³-hybridized carbons (Fsp3) is 0.943. The maximum atomic E-state index is 11.4. The van der Waals surface area contributed by atoms with Crippen LogP contribution < -0.4 is 0 Å². The zero-order valence-corrected chi connectivity index (χ0v) is 41.0. The first-order valence-electron chi connectivity index (χ1n) is 26.6. The lowest BCUT2D eigenvalue weighted by Gasteiger charge is -2.08. The van der Waals surface area contributed by atoms with E-state index in [0.717, 1.165) is 38.5 Å². The first-order chi connectivity index (χ1) is 29.7. The van der Waals surface area contributed by atoms with Crippen LogP contribution in [-0.2, 0) is 19.1 Å². The van der Waals surface area contributed by atoms with Gasteiger partial charge in [0.25, 0.3) is 0 Å². The fourth-order valence-corrected chi connectivity index (χ4v) is 7.54. The average molecular weight is 871 g/mol. The second-order valence-corrected chi connectivity index (χ2v) is 18.0. The molecule has 0 saturated carbocycles. The van der Waals surface area contributed by atoms with E-state index in [1.54, 1.807) is 0 Å². The molecule has 0 bridgehead atoms. The number of rotatable bonds is 47. The minimum atomic E-state index is -0.954. The molecule has 0 amide bonds. The lowest BCUT2D eigenvalue weighted by Crippen LogP contribution is -2.21. The number of hydrogen-bond acceptors (Lipinski definition) is 6. The Morgan fingerprint density at radius 2 is 0.541 bits per heavy atom. The summed E-state index contributed by atoms with van der Waals surface area (Å²) < 4.78 is 4.86. The summed E-state index contributed by atoms with van der Waals surface area (Å²) in [5.41, 5.74) is 0. The Hall–Kier alpha value is -1.67. The van der Waals surface area contributed by atoms with Crippen LogP contribution in [0.2, 0.25) is 0 Å². The maximum Gasteiger partial charge on any atom is 0.305 e. The number of unbranched alkanes of at least 4 members (excludes halogenated alkanes) is 38. The molecule has 8 heteroatoms. The van der Waals surface area contributed by atoms with Gasteiger partial charge in [-0.05, 0) is 19.3 Å². The van der Waals surface area contributed by atoms with Crippen LogP contribution in [0, 0.1) is 0 Å². The molecule has 0 aliphatic rings. The molecular formula is C53H106O8. The van der Waals surface area contributed by atoms with E-state index in [9.17, 15) is 14.4 Å². The second-order valence-electron chi connectivity index (χ2n) is 18.0. The summed E-state index contributed by atoms with van der Waals surface area (Å²) in [6, 6.07) is 0. The van der Waals surface area contributed by atoms with Crippen molar-refractivity contribution in [1.82, 2.24) is 0 Å². The maximum absolute atomic E-state index is 11.4. The molecule has 0 aliphatic heterocycles. The predicted octanol–water partition coefficient (Wildman–Crippen LogP) is 16.2. The summed E-state index contributed by atoms with van der Waals surface area (Å²) >= 11 is 0. The minimum Gasteiger partial charge on any atom is -0.481 e. The van der Waals surface area contributed by atoms with E-state index in [1.807, 2.05) is 0 Å². The second kappa shape index (κ2) is 58.3. The van der Waals surface area contributed by atoms with Gasteiger partial charge in [-0.3, -0.25) is 14.4 Å². The highest BCUT2D eigenvalue weighted by molar-refractivity contribution is 5.69. The van der Waals surface area contributed by atoms with Crippen molar-refractivity contribution in [2.75, 3.05) is 13.2 Å². The van der Waals surface area contributed by atoms with Gasteiger partial charge in [0.05, 0.1) is 6.61 Å². The molecule has 0 rings (SSSR count). The van der Waals surface area contributed by atoms with Crippen molar-refractivity contribution < 1.29 is 39.5 Å². The van der Waals surface area contributed by atoms with E-state index in [2.05, 4.69) is 20.8 Å². The molecule has 0 fully saturated rings. The lowest BCUT2D eigenvalue weighted by atomic mass is 10.0. The highest BCUT2D eigenvalue weighted by Crippen LogP contribution is 2.16. The SMILES string of the molecule is CCCCCCCCCCCCCCCC(=O)O.CCCCCCCCCCCCCCCC(=O)O.CCCCCCCCCCCCCCCCCC(=O)OCC(O)CO. The van der Waals surface area contributed by atoms with Crippen LogP contribution in [0.4, 0.5) is 0 Å². The third-order valence-electron chi connectivity index (χ3n) is 11.6. The Morgan fingerprint density at radius 3 is 0.738 bits per heavy atom. The number of aliphatic hydroxyl groups is 2. The topological polar surface area (TPSA) is 141 Å². The molecule has 366 valence electrons. The standard InChI is InChI=1S/C21H42O4.2C16H32O2/c1-2-3-4-5-6-7-8-9-10-11-12-13-14-15-16-17-21(24)25-19-20(23)18-22;2*1-2-3-4-5-6-7-8-9-10-11-12-13-14-15-16(17)18/h20,22-23H,2-19H2,1H3;2*2-15H2,1H3,(H,17,18). The highest BCUT2D eigenvalue weighted by Gasteiger charge is 2.07. The number of esters is 1. The van der Waals surface area contributed by atoms with Gasteiger partial charge >= 0.3 is 17.9 Å². The molecule has 0 aromatic heterocycles. The molecule has 0 heterocycles. The number of carboxylic acid groups (broad SMARTS) is 2. The molecule has 61 heavy (non-hydrogen) atoms. The molecule has 0 radical (unpaired) electrons. The summed E-state index contributed by atoms with van der Waals surface area (Å²) in [5.74, 6) is -1.58. The number of ether oxygens (including phenoxy) is 1. The number of carbonyl (C=O) groups excluding carboxylic acids is 1. The molecular weight excluding hydrogens is 765 g/mol. The number of carbonyl (C=O) groups is 3. The van der Waals surface area contributed by atoms with Crippen LogP contribution >= 0.6 is 0 Å². The van der Waals surface area contributed by atoms with Crippen LogP contribution in [0.1, 0.15) is 303 Å². The zero-order chi connectivity index (χ0) is 45.5. The van der Waals surface area contributed by atoms with Crippen molar-refractivity contribution in [3.05, 3.63) is 0 Å². The van der Waals surface area contributed by atoms with Crippen molar-refractivity contribution in [2.24, 2.45) is 0 Å². The van der Waals surface area contributed by atoms with Crippen LogP contribution in [0.15, 0.2) is 0 Å². The van der Waals surface area contributed by atoms with E-state index in [-0.39, 0.29) is 19.2 Å². The molecule has 0 aromatic rings. The molecule has 1 atom stereocenters. The molecule has 0 aliphatic carbocycles. The third kappa shape index (κ3) is 67.6. The molecule has 1 unspecified atom stereocenters. The number of aliphatic carboxylic acids is 2. The van der Waals surface area contributed by atoms with Gasteiger partial charge < -0.3 is 25.2 Å². The summed E-state index contributed by atoms with van der Waals surface area (Å²) in [4.78, 5) is 32.0. The van der Waals surface area contributed by atoms with Gasteiger partial charge in [0.1, 0.15) is 12.7 Å². The Kier molecular flexibility index (Phi) is 60.8. The Morgan fingerprint density at radius 1 is 0.344 bits per heavy atom. The van der Waals surface area contributed by atoms with E-state index in [1.165, 1.54) is 225 Å². The van der Waals surface area contributed by atoms with Gasteiger partial charge in [-0.15, -0.1) is 0 Å². The van der Waals surface area contributed by atoms with E-state index < -0.39 is 18.0 Å². The first kappa shape index (κ1) is 63.6. The van der Waals surface area contributed by atoms with Gasteiger partial charge in [0.2, 0.25) is 0 Å².